The molecule has 8 heteroatoms. The number of carbonyl (C=O) groups is 3. The lowest BCUT2D eigenvalue weighted by atomic mass is 10.1. The van der Waals surface area contributed by atoms with E-state index in [0.717, 1.165) is 18.4 Å². The van der Waals surface area contributed by atoms with Crippen LogP contribution >= 0.6 is 0 Å². The zero-order valence-corrected chi connectivity index (χ0v) is 20.3. The minimum atomic E-state index is -0.470. The number of benzene rings is 3. The monoisotopic (exact) mass is 487 g/mol. The summed E-state index contributed by atoms with van der Waals surface area (Å²) in [5.74, 6) is -0.190. The van der Waals surface area contributed by atoms with Crippen LogP contribution in [0.1, 0.15) is 51.6 Å². The molecular formula is C28H29N3O5. The van der Waals surface area contributed by atoms with Crippen molar-refractivity contribution in [1.29, 1.82) is 0 Å². The van der Waals surface area contributed by atoms with Crippen molar-refractivity contribution in [1.82, 2.24) is 10.7 Å². The summed E-state index contributed by atoms with van der Waals surface area (Å²) >= 11 is 0. The van der Waals surface area contributed by atoms with Crippen molar-refractivity contribution >= 4 is 24.0 Å². The summed E-state index contributed by atoms with van der Waals surface area (Å²) in [7, 11) is 0. The number of aryl methyl sites for hydroxylation is 1. The summed E-state index contributed by atoms with van der Waals surface area (Å²) in [6.45, 7) is 4.44. The highest BCUT2D eigenvalue weighted by molar-refractivity contribution is 5.96. The number of ether oxygens (including phenoxy) is 2. The lowest BCUT2D eigenvalue weighted by Gasteiger charge is -2.07. The molecule has 8 nitrogen and oxygen atoms in total. The van der Waals surface area contributed by atoms with Crippen molar-refractivity contribution in [2.75, 3.05) is 13.2 Å². The normalized spacial score (nSPS) is 10.6. The highest BCUT2D eigenvalue weighted by Gasteiger charge is 2.09. The zero-order chi connectivity index (χ0) is 25.8. The van der Waals surface area contributed by atoms with E-state index in [1.807, 2.05) is 19.1 Å². The van der Waals surface area contributed by atoms with Gasteiger partial charge in [0.1, 0.15) is 11.5 Å². The van der Waals surface area contributed by atoms with Gasteiger partial charge in [0.05, 0.1) is 24.9 Å². The first-order chi connectivity index (χ1) is 17.4. The van der Waals surface area contributed by atoms with Gasteiger partial charge in [-0.15, -0.1) is 0 Å². The maximum atomic E-state index is 12.2. The van der Waals surface area contributed by atoms with Crippen LogP contribution in [0.4, 0.5) is 0 Å². The van der Waals surface area contributed by atoms with Crippen LogP contribution in [-0.2, 0) is 4.79 Å². The van der Waals surface area contributed by atoms with Gasteiger partial charge in [-0.3, -0.25) is 9.59 Å². The predicted octanol–water partition coefficient (Wildman–Crippen LogP) is 4.27. The second-order valence-electron chi connectivity index (χ2n) is 8.03. The molecule has 0 aliphatic carbocycles. The van der Waals surface area contributed by atoms with Crippen molar-refractivity contribution in [3.63, 3.8) is 0 Å². The number of nitrogens with zero attached hydrogens (tertiary/aromatic N) is 1. The van der Waals surface area contributed by atoms with Crippen molar-refractivity contribution in [2.24, 2.45) is 5.10 Å². The summed E-state index contributed by atoms with van der Waals surface area (Å²) in [4.78, 5) is 36.4. The van der Waals surface area contributed by atoms with Gasteiger partial charge in [0.2, 0.25) is 0 Å². The van der Waals surface area contributed by atoms with Gasteiger partial charge in [-0.25, -0.2) is 10.2 Å². The van der Waals surface area contributed by atoms with E-state index < -0.39 is 11.9 Å². The molecule has 0 atom stereocenters. The van der Waals surface area contributed by atoms with Gasteiger partial charge in [-0.1, -0.05) is 31.0 Å². The first-order valence-electron chi connectivity index (χ1n) is 11.7. The first-order valence-corrected chi connectivity index (χ1v) is 11.7. The maximum absolute atomic E-state index is 12.2. The Morgan fingerprint density at radius 3 is 2.17 bits per heavy atom. The fourth-order valence-electron chi connectivity index (χ4n) is 3.00. The third-order valence-corrected chi connectivity index (χ3v) is 5.07. The van der Waals surface area contributed by atoms with E-state index in [2.05, 4.69) is 22.8 Å². The molecule has 0 saturated heterocycles. The number of unbranched alkanes of at least 4 members (excludes halogenated alkanes) is 1. The molecule has 0 bridgehead atoms. The minimum Gasteiger partial charge on any atom is -0.494 e. The topological polar surface area (TPSA) is 106 Å². The van der Waals surface area contributed by atoms with Gasteiger partial charge < -0.3 is 14.8 Å². The lowest BCUT2D eigenvalue weighted by molar-refractivity contribution is -0.120. The molecule has 0 saturated carbocycles. The van der Waals surface area contributed by atoms with Crippen molar-refractivity contribution in [3.05, 3.63) is 95.1 Å². The molecule has 186 valence electrons. The van der Waals surface area contributed by atoms with Crippen molar-refractivity contribution in [3.8, 4) is 11.5 Å². The SMILES string of the molecule is CCCCOc1ccc(C(=O)NCC(=O)N/N=C/c2ccc(OC(=O)c3ccc(C)cc3)cc2)cc1. The number of carbonyl (C=O) groups excluding carboxylic acids is 3. The van der Waals surface area contributed by atoms with Gasteiger partial charge in [0.25, 0.3) is 11.8 Å². The van der Waals surface area contributed by atoms with E-state index in [9.17, 15) is 14.4 Å². The quantitative estimate of drug-likeness (QED) is 0.138. The summed E-state index contributed by atoms with van der Waals surface area (Å²) in [6, 6.07) is 20.5. The van der Waals surface area contributed by atoms with E-state index in [1.54, 1.807) is 60.7 Å². The number of nitrogens with one attached hydrogen (secondary N) is 2. The van der Waals surface area contributed by atoms with Crippen LogP contribution in [-0.4, -0.2) is 37.1 Å². The fraction of sp³-hybridized carbons (Fsp3) is 0.214. The average molecular weight is 488 g/mol. The molecule has 0 heterocycles. The van der Waals surface area contributed by atoms with Gasteiger partial charge in [0, 0.05) is 5.56 Å². The van der Waals surface area contributed by atoms with E-state index in [4.69, 9.17) is 9.47 Å². The van der Waals surface area contributed by atoms with Crippen LogP contribution < -0.4 is 20.2 Å². The third-order valence-electron chi connectivity index (χ3n) is 5.07. The molecule has 2 amide bonds. The highest BCUT2D eigenvalue weighted by Crippen LogP contribution is 2.14. The molecule has 0 radical (unpaired) electrons. The van der Waals surface area contributed by atoms with Gasteiger partial charge in [-0.2, -0.15) is 5.10 Å². The molecule has 0 fully saturated rings. The Hall–Kier alpha value is -4.46. The Balaban J connectivity index is 1.40. The molecule has 3 aromatic rings. The average Bonchev–Trinajstić information content (AvgIpc) is 2.89. The summed E-state index contributed by atoms with van der Waals surface area (Å²) in [5, 5.41) is 6.43. The number of hydrazone groups is 1. The molecule has 3 rings (SSSR count). The zero-order valence-electron chi connectivity index (χ0n) is 20.3. The second kappa shape index (κ2) is 13.4. The van der Waals surface area contributed by atoms with E-state index >= 15 is 0 Å². The van der Waals surface area contributed by atoms with Crippen molar-refractivity contribution in [2.45, 2.75) is 26.7 Å². The van der Waals surface area contributed by atoms with E-state index in [0.29, 0.717) is 34.8 Å². The Morgan fingerprint density at radius 1 is 0.861 bits per heavy atom. The molecule has 0 spiro atoms. The molecule has 0 unspecified atom stereocenters. The summed E-state index contributed by atoms with van der Waals surface area (Å²) in [5.41, 5.74) is 5.00. The van der Waals surface area contributed by atoms with Crippen LogP contribution in [0, 0.1) is 6.92 Å². The second-order valence-corrected chi connectivity index (χ2v) is 8.03. The Labute approximate surface area is 210 Å². The van der Waals surface area contributed by atoms with Crippen LogP contribution in [0.25, 0.3) is 0 Å². The number of rotatable bonds is 11. The Morgan fingerprint density at radius 2 is 1.50 bits per heavy atom. The highest BCUT2D eigenvalue weighted by atomic mass is 16.5. The van der Waals surface area contributed by atoms with Crippen LogP contribution in [0.15, 0.2) is 77.9 Å². The van der Waals surface area contributed by atoms with Gasteiger partial charge >= 0.3 is 5.97 Å². The third kappa shape index (κ3) is 8.39. The van der Waals surface area contributed by atoms with E-state index in [1.165, 1.54) is 6.21 Å². The van der Waals surface area contributed by atoms with Crippen LogP contribution in [0.3, 0.4) is 0 Å². The first kappa shape index (κ1) is 26.2. The Kier molecular flexibility index (Phi) is 9.76. The fourth-order valence-corrected chi connectivity index (χ4v) is 3.00. The molecule has 36 heavy (non-hydrogen) atoms. The summed E-state index contributed by atoms with van der Waals surface area (Å²) in [6.07, 6.45) is 3.46. The van der Waals surface area contributed by atoms with E-state index in [-0.39, 0.29) is 12.5 Å². The van der Waals surface area contributed by atoms with Gasteiger partial charge in [-0.05, 0) is 79.6 Å². The number of esters is 1. The molecule has 3 aromatic carbocycles. The largest absolute Gasteiger partial charge is 0.494 e. The molecule has 0 aromatic heterocycles. The standard InChI is InChI=1S/C28H29N3O5/c1-3-4-17-35-24-15-11-22(12-16-24)27(33)29-19-26(32)31-30-18-21-7-13-25(14-8-21)36-28(34)23-9-5-20(2)6-10-23/h5-16,18H,3-4,17,19H2,1-2H3,(H,29,33)(H,31,32)/b30-18+. The van der Waals surface area contributed by atoms with Crippen molar-refractivity contribution < 1.29 is 23.9 Å². The number of hydrogen-bond donors (Lipinski definition) is 2. The minimum absolute atomic E-state index is 0.223. The predicted molar refractivity (Wildman–Crippen MR) is 137 cm³/mol. The summed E-state index contributed by atoms with van der Waals surface area (Å²) < 4.78 is 10.9. The van der Waals surface area contributed by atoms with Crippen LogP contribution in [0.5, 0.6) is 11.5 Å². The molecule has 0 aliphatic heterocycles. The van der Waals surface area contributed by atoms with Gasteiger partial charge in [0.15, 0.2) is 0 Å². The maximum Gasteiger partial charge on any atom is 0.343 e. The van der Waals surface area contributed by atoms with Crippen LogP contribution in [0.2, 0.25) is 0 Å². The smallest absolute Gasteiger partial charge is 0.343 e. The molecular weight excluding hydrogens is 458 g/mol. The lowest BCUT2D eigenvalue weighted by Crippen LogP contribution is -2.34. The number of hydrogen-bond acceptors (Lipinski definition) is 6. The number of amides is 2. The molecule has 2 N–H and O–H groups in total. The molecule has 0 aliphatic rings. The Bertz CT molecular complexity index is 1190.